The van der Waals surface area contributed by atoms with Crippen molar-refractivity contribution in [2.45, 2.75) is 51.9 Å². The van der Waals surface area contributed by atoms with Crippen LogP contribution < -0.4 is 10.7 Å². The number of aromatic hydroxyl groups is 1. The molecular weight excluding hydrogens is 364 g/mol. The lowest BCUT2D eigenvalue weighted by molar-refractivity contribution is -0.124. The number of amides is 1. The van der Waals surface area contributed by atoms with Crippen LogP contribution in [0.5, 0.6) is 5.75 Å². The fourth-order valence-corrected chi connectivity index (χ4v) is 6.66. The maximum absolute atomic E-state index is 12.8. The van der Waals surface area contributed by atoms with Crippen LogP contribution in [-0.4, -0.2) is 15.6 Å². The molecule has 0 atom stereocenters. The Morgan fingerprint density at radius 1 is 1.07 bits per heavy atom. The van der Waals surface area contributed by atoms with Gasteiger partial charge in [-0.3, -0.25) is 9.59 Å². The van der Waals surface area contributed by atoms with Crippen molar-refractivity contribution < 1.29 is 9.90 Å². The molecule has 1 aromatic heterocycles. The van der Waals surface area contributed by atoms with Crippen molar-refractivity contribution in [1.82, 2.24) is 4.57 Å². The molecule has 0 saturated heterocycles. The summed E-state index contributed by atoms with van der Waals surface area (Å²) in [6.07, 6.45) is 10.2. The zero-order valence-corrected chi connectivity index (χ0v) is 16.9. The molecule has 5 heteroatoms. The summed E-state index contributed by atoms with van der Waals surface area (Å²) in [4.78, 5) is 24.4. The summed E-state index contributed by atoms with van der Waals surface area (Å²) < 4.78 is 1.76. The first kappa shape index (κ1) is 18.5. The van der Waals surface area contributed by atoms with Gasteiger partial charge in [0.2, 0.25) is 11.3 Å². The second-order valence-corrected chi connectivity index (χ2v) is 9.67. The number of anilines is 1. The van der Waals surface area contributed by atoms with Gasteiger partial charge in [0, 0.05) is 30.1 Å². The third-order valence-electron chi connectivity index (χ3n) is 7.44. The molecule has 0 unspecified atom stereocenters. The zero-order valence-electron chi connectivity index (χ0n) is 16.9. The van der Waals surface area contributed by atoms with Crippen molar-refractivity contribution in [1.29, 1.82) is 0 Å². The van der Waals surface area contributed by atoms with E-state index in [-0.39, 0.29) is 22.5 Å². The number of benzene rings is 1. The lowest BCUT2D eigenvalue weighted by Crippen LogP contribution is -2.47. The predicted molar refractivity (Wildman–Crippen MR) is 112 cm³/mol. The van der Waals surface area contributed by atoms with Crippen molar-refractivity contribution in [2.75, 3.05) is 5.32 Å². The molecule has 1 heterocycles. The van der Waals surface area contributed by atoms with E-state index in [0.29, 0.717) is 12.1 Å². The normalized spacial score (nSPS) is 29.8. The van der Waals surface area contributed by atoms with Gasteiger partial charge < -0.3 is 15.0 Å². The van der Waals surface area contributed by atoms with Crippen molar-refractivity contribution >= 4 is 11.6 Å². The largest absolute Gasteiger partial charge is 0.503 e. The van der Waals surface area contributed by atoms with Crippen molar-refractivity contribution in [3.8, 4) is 11.4 Å². The highest BCUT2D eigenvalue weighted by Crippen LogP contribution is 2.61. The fourth-order valence-electron chi connectivity index (χ4n) is 6.66. The smallest absolute Gasteiger partial charge is 0.224 e. The maximum atomic E-state index is 12.8. The molecule has 5 nitrogen and oxygen atoms in total. The summed E-state index contributed by atoms with van der Waals surface area (Å²) >= 11 is 0. The lowest BCUT2D eigenvalue weighted by Gasteiger charge is -2.56. The van der Waals surface area contributed by atoms with Gasteiger partial charge in [-0.15, -0.1) is 0 Å². The molecule has 6 rings (SSSR count). The van der Waals surface area contributed by atoms with Crippen molar-refractivity contribution in [3.63, 3.8) is 0 Å². The fraction of sp³-hybridized carbons (Fsp3) is 0.500. The molecule has 2 N–H and O–H groups in total. The number of carbonyl (C=O) groups excluding carboxylic acids is 1. The van der Waals surface area contributed by atoms with E-state index < -0.39 is 0 Å². The van der Waals surface area contributed by atoms with Crippen LogP contribution in [0.4, 0.5) is 5.69 Å². The lowest BCUT2D eigenvalue weighted by atomic mass is 9.49. The van der Waals surface area contributed by atoms with Gasteiger partial charge in [-0.1, -0.05) is 0 Å². The summed E-state index contributed by atoms with van der Waals surface area (Å²) in [7, 11) is 0. The molecule has 4 bridgehead atoms. The number of hydrogen-bond donors (Lipinski definition) is 2. The van der Waals surface area contributed by atoms with Crippen LogP contribution in [0.1, 0.15) is 50.6 Å². The highest BCUT2D eigenvalue weighted by Gasteiger charge is 2.51. The Morgan fingerprint density at radius 2 is 1.66 bits per heavy atom. The molecule has 1 amide bonds. The van der Waals surface area contributed by atoms with Crippen molar-refractivity contribution in [2.24, 2.45) is 23.2 Å². The van der Waals surface area contributed by atoms with Crippen LogP contribution in [0.25, 0.3) is 5.69 Å². The van der Waals surface area contributed by atoms with Crippen LogP contribution in [-0.2, 0) is 4.79 Å². The minimum atomic E-state index is -0.382. The Labute approximate surface area is 170 Å². The van der Waals surface area contributed by atoms with Gasteiger partial charge in [-0.05, 0) is 92.9 Å². The minimum Gasteiger partial charge on any atom is -0.503 e. The average Bonchev–Trinajstić information content (AvgIpc) is 2.65. The number of hydrogen-bond acceptors (Lipinski definition) is 3. The summed E-state index contributed by atoms with van der Waals surface area (Å²) in [5, 5.41) is 13.0. The van der Waals surface area contributed by atoms with E-state index in [1.807, 2.05) is 24.3 Å². The SMILES string of the molecule is Cc1c(O)c(=O)ccn1-c1ccc(NC(=O)CC23CC4CC(CC(C4)C2)C3)cc1. The number of nitrogens with one attached hydrogen (secondary N) is 1. The molecule has 1 aromatic carbocycles. The number of pyridine rings is 1. The number of carbonyl (C=O) groups is 1. The van der Waals surface area contributed by atoms with Gasteiger partial charge in [0.15, 0.2) is 5.75 Å². The number of nitrogens with zero attached hydrogens (tertiary/aromatic N) is 1. The molecule has 0 aliphatic heterocycles. The quantitative estimate of drug-likeness (QED) is 0.810. The van der Waals surface area contributed by atoms with E-state index in [9.17, 15) is 14.7 Å². The molecule has 4 fully saturated rings. The summed E-state index contributed by atoms with van der Waals surface area (Å²) in [5.74, 6) is 2.44. The van der Waals surface area contributed by atoms with E-state index in [0.717, 1.165) is 29.1 Å². The van der Waals surface area contributed by atoms with E-state index in [1.54, 1.807) is 17.7 Å². The standard InChI is InChI=1S/C24H28N2O3/c1-15-23(29)21(27)6-7-26(15)20-4-2-19(3-5-20)25-22(28)14-24-11-16-8-17(12-24)10-18(9-16)13-24/h2-7,16-18,29H,8-14H2,1H3,(H,25,28). The highest BCUT2D eigenvalue weighted by atomic mass is 16.3. The van der Waals surface area contributed by atoms with Crippen LogP contribution in [0.2, 0.25) is 0 Å². The molecule has 29 heavy (non-hydrogen) atoms. The Bertz CT molecular complexity index is 970. The zero-order chi connectivity index (χ0) is 20.2. The van der Waals surface area contributed by atoms with Gasteiger partial charge in [-0.25, -0.2) is 0 Å². The van der Waals surface area contributed by atoms with Crippen LogP contribution >= 0.6 is 0 Å². The first-order valence-corrected chi connectivity index (χ1v) is 10.7. The van der Waals surface area contributed by atoms with Crippen molar-refractivity contribution in [3.05, 3.63) is 52.4 Å². The number of rotatable bonds is 4. The summed E-state index contributed by atoms with van der Waals surface area (Å²) in [5.41, 5.74) is 1.97. The van der Waals surface area contributed by atoms with E-state index in [2.05, 4.69) is 5.32 Å². The Kier molecular flexibility index (Phi) is 4.30. The Balaban J connectivity index is 1.27. The molecule has 2 aromatic rings. The average molecular weight is 392 g/mol. The van der Waals surface area contributed by atoms with Gasteiger partial charge in [0.1, 0.15) is 0 Å². The molecule has 0 radical (unpaired) electrons. The van der Waals surface area contributed by atoms with Gasteiger partial charge >= 0.3 is 0 Å². The van der Waals surface area contributed by atoms with Gasteiger partial charge in [-0.2, -0.15) is 0 Å². The Hall–Kier alpha value is -2.56. The second-order valence-electron chi connectivity index (χ2n) is 9.67. The van der Waals surface area contributed by atoms with Gasteiger partial charge in [0.05, 0.1) is 5.69 Å². The first-order chi connectivity index (χ1) is 13.9. The van der Waals surface area contributed by atoms with Crippen LogP contribution in [0.15, 0.2) is 41.3 Å². The van der Waals surface area contributed by atoms with Crippen LogP contribution in [0, 0.1) is 30.1 Å². The first-order valence-electron chi connectivity index (χ1n) is 10.7. The monoisotopic (exact) mass is 392 g/mol. The molecule has 152 valence electrons. The van der Waals surface area contributed by atoms with Gasteiger partial charge in [0.25, 0.3) is 0 Å². The van der Waals surface area contributed by atoms with E-state index in [1.165, 1.54) is 44.6 Å². The second kappa shape index (κ2) is 6.75. The molecular formula is C24H28N2O3. The third-order valence-corrected chi connectivity index (χ3v) is 7.44. The van der Waals surface area contributed by atoms with E-state index in [4.69, 9.17) is 0 Å². The summed E-state index contributed by atoms with van der Waals surface area (Å²) in [6, 6.07) is 8.88. The number of aromatic nitrogens is 1. The summed E-state index contributed by atoms with van der Waals surface area (Å²) in [6.45, 7) is 1.71. The maximum Gasteiger partial charge on any atom is 0.224 e. The Morgan fingerprint density at radius 3 is 2.24 bits per heavy atom. The predicted octanol–water partition coefficient (Wildman–Crippen LogP) is 4.40. The molecule has 4 aliphatic carbocycles. The van der Waals surface area contributed by atoms with Crippen LogP contribution in [0.3, 0.4) is 0 Å². The topological polar surface area (TPSA) is 71.3 Å². The molecule has 4 saturated carbocycles. The highest BCUT2D eigenvalue weighted by molar-refractivity contribution is 5.91. The van der Waals surface area contributed by atoms with E-state index >= 15 is 0 Å². The molecule has 0 spiro atoms. The minimum absolute atomic E-state index is 0.122. The third kappa shape index (κ3) is 3.37. The molecule has 4 aliphatic rings.